The van der Waals surface area contributed by atoms with Crippen molar-refractivity contribution in [2.24, 2.45) is 5.92 Å². The molecule has 0 bridgehead atoms. The largest absolute Gasteiger partial charge is 0.321 e. The predicted molar refractivity (Wildman–Crippen MR) is 126 cm³/mol. The van der Waals surface area contributed by atoms with Crippen molar-refractivity contribution < 1.29 is 14.4 Å². The van der Waals surface area contributed by atoms with E-state index in [9.17, 15) is 19.6 Å². The van der Waals surface area contributed by atoms with E-state index in [4.69, 9.17) is 23.8 Å². The first-order valence-electron chi connectivity index (χ1n) is 9.58. The van der Waals surface area contributed by atoms with Gasteiger partial charge in [0.15, 0.2) is 5.11 Å². The van der Waals surface area contributed by atoms with Gasteiger partial charge in [-0.1, -0.05) is 23.7 Å². The zero-order valence-electron chi connectivity index (χ0n) is 17.5. The molecule has 0 unspecified atom stereocenters. The third kappa shape index (κ3) is 4.69. The van der Waals surface area contributed by atoms with Crippen LogP contribution in [-0.4, -0.2) is 22.8 Å². The summed E-state index contributed by atoms with van der Waals surface area (Å²) in [6, 6.07) is 12.0. The number of carbonyl (C=O) groups excluding carboxylic acids is 3. The molecule has 162 valence electrons. The number of anilines is 2. The van der Waals surface area contributed by atoms with E-state index in [1.54, 1.807) is 36.4 Å². The number of nitrogens with zero attached hydrogens (tertiary/aromatic N) is 2. The number of aryl methyl sites for hydroxylation is 3. The predicted octanol–water partition coefficient (Wildman–Crippen LogP) is 3.72. The minimum absolute atomic E-state index is 0.0647. The first-order valence-corrected chi connectivity index (χ1v) is 10.4. The summed E-state index contributed by atoms with van der Waals surface area (Å²) in [4.78, 5) is 39.4. The molecule has 1 aliphatic heterocycles. The molecule has 0 saturated carbocycles. The molecule has 0 aliphatic carbocycles. The van der Waals surface area contributed by atoms with Gasteiger partial charge in [0.1, 0.15) is 17.6 Å². The zero-order valence-corrected chi connectivity index (χ0v) is 19.1. The Balaban J connectivity index is 1.90. The third-order valence-electron chi connectivity index (χ3n) is 5.08. The van der Waals surface area contributed by atoms with Gasteiger partial charge in [0.2, 0.25) is 11.8 Å². The molecule has 1 saturated heterocycles. The van der Waals surface area contributed by atoms with Crippen molar-refractivity contribution >= 4 is 58.0 Å². The van der Waals surface area contributed by atoms with Gasteiger partial charge in [-0.25, -0.2) is 0 Å². The van der Waals surface area contributed by atoms with E-state index in [0.717, 1.165) is 22.8 Å². The Labute approximate surface area is 195 Å². The third-order valence-corrected chi connectivity index (χ3v) is 5.77. The monoisotopic (exact) mass is 466 g/mol. The lowest BCUT2D eigenvalue weighted by molar-refractivity contribution is -0.131. The van der Waals surface area contributed by atoms with Crippen LogP contribution in [0.4, 0.5) is 11.4 Å². The number of nitrogens with one attached hydrogen (secondary N) is 2. The van der Waals surface area contributed by atoms with Crippen molar-refractivity contribution in [2.45, 2.75) is 20.8 Å². The van der Waals surface area contributed by atoms with Crippen LogP contribution in [-0.2, 0) is 14.4 Å². The maximum absolute atomic E-state index is 13.1. The summed E-state index contributed by atoms with van der Waals surface area (Å²) in [6.45, 7) is 5.64. The highest BCUT2D eigenvalue weighted by Gasteiger charge is 2.39. The molecule has 9 heteroatoms. The van der Waals surface area contributed by atoms with Gasteiger partial charge in [-0.3, -0.25) is 19.3 Å². The molecule has 3 amide bonds. The van der Waals surface area contributed by atoms with Gasteiger partial charge < -0.3 is 10.6 Å². The summed E-state index contributed by atoms with van der Waals surface area (Å²) in [5, 5.41) is 14.9. The van der Waals surface area contributed by atoms with Crippen LogP contribution in [0.15, 0.2) is 48.0 Å². The Morgan fingerprint density at radius 3 is 2.47 bits per heavy atom. The average Bonchev–Trinajstić information content (AvgIpc) is 2.73. The van der Waals surface area contributed by atoms with E-state index in [0.29, 0.717) is 16.4 Å². The molecule has 2 aromatic rings. The summed E-state index contributed by atoms with van der Waals surface area (Å²) in [6.07, 6.45) is 1.04. The Hall–Kier alpha value is -3.54. The Bertz CT molecular complexity index is 1230. The first kappa shape index (κ1) is 23.1. The van der Waals surface area contributed by atoms with Gasteiger partial charge in [-0.05, 0) is 80.0 Å². The zero-order chi connectivity index (χ0) is 23.6. The van der Waals surface area contributed by atoms with Crippen LogP contribution in [0.25, 0.3) is 0 Å². The second-order valence-corrected chi connectivity index (χ2v) is 8.12. The molecule has 0 aromatic heterocycles. The Morgan fingerprint density at radius 1 is 1.16 bits per heavy atom. The molecule has 0 radical (unpaired) electrons. The van der Waals surface area contributed by atoms with Gasteiger partial charge in [-0.2, -0.15) is 5.26 Å². The molecular weight excluding hydrogens is 448 g/mol. The molecule has 7 nitrogen and oxygen atoms in total. The normalized spacial score (nSPS) is 16.5. The number of halogens is 1. The van der Waals surface area contributed by atoms with Crippen molar-refractivity contribution in [1.29, 1.82) is 5.26 Å². The fourth-order valence-corrected chi connectivity index (χ4v) is 3.52. The number of rotatable bonds is 4. The highest BCUT2D eigenvalue weighted by Crippen LogP contribution is 2.25. The van der Waals surface area contributed by atoms with Gasteiger partial charge in [0.25, 0.3) is 5.91 Å². The smallest absolute Gasteiger partial charge is 0.266 e. The van der Waals surface area contributed by atoms with Gasteiger partial charge >= 0.3 is 0 Å². The maximum Gasteiger partial charge on any atom is 0.266 e. The highest BCUT2D eigenvalue weighted by atomic mass is 35.5. The molecule has 2 N–H and O–H groups in total. The lowest BCUT2D eigenvalue weighted by Gasteiger charge is -2.31. The van der Waals surface area contributed by atoms with Crippen molar-refractivity contribution in [2.75, 3.05) is 10.2 Å². The van der Waals surface area contributed by atoms with E-state index >= 15 is 0 Å². The molecule has 1 fully saturated rings. The molecular formula is C23H19ClN4O3S. The van der Waals surface area contributed by atoms with Crippen LogP contribution in [0.3, 0.4) is 0 Å². The van der Waals surface area contributed by atoms with Crippen LogP contribution in [0.2, 0.25) is 5.02 Å². The van der Waals surface area contributed by atoms with E-state index in [1.165, 1.54) is 4.90 Å². The fourth-order valence-electron chi connectivity index (χ4n) is 3.05. The number of amides is 3. The highest BCUT2D eigenvalue weighted by molar-refractivity contribution is 7.80. The number of nitriles is 1. The van der Waals surface area contributed by atoms with Crippen LogP contribution in [0.5, 0.6) is 0 Å². The minimum Gasteiger partial charge on any atom is -0.321 e. The quantitative estimate of drug-likeness (QED) is 0.309. The Kier molecular flexibility index (Phi) is 6.72. The van der Waals surface area contributed by atoms with E-state index < -0.39 is 23.6 Å². The Morgan fingerprint density at radius 2 is 1.84 bits per heavy atom. The minimum atomic E-state index is -1.40. The van der Waals surface area contributed by atoms with E-state index in [2.05, 4.69) is 10.6 Å². The summed E-state index contributed by atoms with van der Waals surface area (Å²) >= 11 is 11.3. The van der Waals surface area contributed by atoms with Crippen LogP contribution >= 0.6 is 23.8 Å². The summed E-state index contributed by atoms with van der Waals surface area (Å²) in [5.41, 5.74) is 3.28. The number of thiocarbonyl (C=S) groups is 1. The standard InChI is InChI=1S/C23H19ClN4O3S/c1-12-5-7-17(8-14(12)3)28-22(31)18(21(30)27-23(28)32)9-15(11-25)20(29)26-16-6-4-13(2)19(24)10-16/h4-10,18H,1-3H3,(H,26,29)(H,27,30,32)/b15-9+/t18-/m1/s1. The van der Waals surface area contributed by atoms with Gasteiger partial charge in [-0.15, -0.1) is 0 Å². The molecule has 32 heavy (non-hydrogen) atoms. The van der Waals surface area contributed by atoms with Crippen molar-refractivity contribution in [3.63, 3.8) is 0 Å². The van der Waals surface area contributed by atoms with Gasteiger partial charge in [0.05, 0.1) is 5.69 Å². The SMILES string of the molecule is Cc1ccc(N2C(=O)[C@H](/C=C(\C#N)C(=O)Nc3ccc(C)c(Cl)c3)C(=O)NC2=S)cc1C. The molecule has 1 atom stereocenters. The first-order chi connectivity index (χ1) is 15.1. The molecule has 2 aromatic carbocycles. The maximum atomic E-state index is 13.1. The average molecular weight is 467 g/mol. The summed E-state index contributed by atoms with van der Waals surface area (Å²) < 4.78 is 0. The van der Waals surface area contributed by atoms with Crippen LogP contribution < -0.4 is 15.5 Å². The van der Waals surface area contributed by atoms with Crippen LogP contribution in [0, 0.1) is 38.0 Å². The lowest BCUT2D eigenvalue weighted by atomic mass is 10.00. The van der Waals surface area contributed by atoms with Gasteiger partial charge in [0, 0.05) is 10.7 Å². The summed E-state index contributed by atoms with van der Waals surface area (Å²) in [5.74, 6) is -3.52. The van der Waals surface area contributed by atoms with E-state index in [-0.39, 0.29) is 10.7 Å². The fraction of sp³-hybridized carbons (Fsp3) is 0.174. The molecule has 3 rings (SSSR count). The molecule has 1 aliphatic rings. The number of hydrogen-bond acceptors (Lipinski definition) is 5. The topological polar surface area (TPSA) is 102 Å². The summed E-state index contributed by atoms with van der Waals surface area (Å²) in [7, 11) is 0. The number of benzene rings is 2. The number of carbonyl (C=O) groups is 3. The van der Waals surface area contributed by atoms with Crippen molar-refractivity contribution in [3.8, 4) is 6.07 Å². The molecule has 0 spiro atoms. The van der Waals surface area contributed by atoms with E-state index in [1.807, 2.05) is 26.8 Å². The van der Waals surface area contributed by atoms with Crippen molar-refractivity contribution in [3.05, 3.63) is 69.8 Å². The second kappa shape index (κ2) is 9.30. The lowest BCUT2D eigenvalue weighted by Crippen LogP contribution is -2.57. The molecule has 1 heterocycles. The van der Waals surface area contributed by atoms with Crippen LogP contribution in [0.1, 0.15) is 16.7 Å². The second-order valence-electron chi connectivity index (χ2n) is 7.32. The van der Waals surface area contributed by atoms with Crippen molar-refractivity contribution in [1.82, 2.24) is 5.32 Å². The number of hydrogen-bond donors (Lipinski definition) is 2.